The van der Waals surface area contributed by atoms with Crippen LogP contribution in [0.3, 0.4) is 0 Å². The van der Waals surface area contributed by atoms with Crippen LogP contribution < -0.4 is 10.6 Å². The van der Waals surface area contributed by atoms with Gasteiger partial charge in [-0.15, -0.1) is 0 Å². The summed E-state index contributed by atoms with van der Waals surface area (Å²) in [6.45, 7) is 8.46. The zero-order valence-electron chi connectivity index (χ0n) is 12.2. The van der Waals surface area contributed by atoms with E-state index < -0.39 is 0 Å². The molecule has 2 N–H and O–H groups in total. The maximum atomic E-state index is 6.06. The smallest absolute Gasteiger partial charge is 0.0496 e. The Morgan fingerprint density at radius 1 is 1.11 bits per heavy atom. The van der Waals surface area contributed by atoms with Crippen LogP contribution >= 0.6 is 0 Å². The van der Waals surface area contributed by atoms with Crippen molar-refractivity contribution < 1.29 is 0 Å². The monoisotopic (exact) mass is 248 g/mol. The highest BCUT2D eigenvalue weighted by atomic mass is 15.2. The van der Waals surface area contributed by atoms with Crippen LogP contribution in [0.4, 0.5) is 5.69 Å². The van der Waals surface area contributed by atoms with Crippen molar-refractivity contribution in [1.82, 2.24) is 0 Å². The highest BCUT2D eigenvalue weighted by Gasteiger charge is 2.28. The molecule has 0 bridgehead atoms. The van der Waals surface area contributed by atoms with Gasteiger partial charge in [0.2, 0.25) is 0 Å². The van der Waals surface area contributed by atoms with Gasteiger partial charge in [0.15, 0.2) is 0 Å². The molecule has 0 radical (unpaired) electrons. The summed E-state index contributed by atoms with van der Waals surface area (Å²) in [5, 5.41) is 0. The molecule has 1 aromatic carbocycles. The fourth-order valence-electron chi connectivity index (χ4n) is 2.59. The molecule has 0 aliphatic carbocycles. The summed E-state index contributed by atoms with van der Waals surface area (Å²) < 4.78 is 0. The zero-order chi connectivity index (χ0) is 13.4. The summed E-state index contributed by atoms with van der Waals surface area (Å²) in [7, 11) is 0. The van der Waals surface area contributed by atoms with Crippen molar-refractivity contribution in [1.29, 1.82) is 0 Å². The van der Waals surface area contributed by atoms with Gasteiger partial charge in [0.1, 0.15) is 0 Å². The molecule has 1 rings (SSSR count). The quantitative estimate of drug-likeness (QED) is 0.709. The fourth-order valence-corrected chi connectivity index (χ4v) is 2.59. The molecule has 0 amide bonds. The Hall–Kier alpha value is -1.02. The third kappa shape index (κ3) is 3.74. The average molecular weight is 248 g/mol. The summed E-state index contributed by atoms with van der Waals surface area (Å²) in [6.07, 6.45) is 4.98. The van der Waals surface area contributed by atoms with Gasteiger partial charge in [0, 0.05) is 24.3 Å². The van der Waals surface area contributed by atoms with E-state index in [1.165, 1.54) is 31.4 Å². The number of hydrogen-bond acceptors (Lipinski definition) is 2. The van der Waals surface area contributed by atoms with Crippen LogP contribution in [-0.4, -0.2) is 18.6 Å². The number of para-hydroxylation sites is 1. The molecule has 0 aliphatic rings. The number of anilines is 1. The van der Waals surface area contributed by atoms with E-state index in [2.05, 4.69) is 56.0 Å². The van der Waals surface area contributed by atoms with Gasteiger partial charge in [0.25, 0.3) is 0 Å². The van der Waals surface area contributed by atoms with Gasteiger partial charge >= 0.3 is 0 Å². The van der Waals surface area contributed by atoms with E-state index in [1.807, 2.05) is 0 Å². The van der Waals surface area contributed by atoms with Gasteiger partial charge in [0.05, 0.1) is 0 Å². The van der Waals surface area contributed by atoms with E-state index in [0.29, 0.717) is 6.54 Å². The van der Waals surface area contributed by atoms with Crippen LogP contribution in [0.15, 0.2) is 30.3 Å². The van der Waals surface area contributed by atoms with Crippen molar-refractivity contribution in [3.8, 4) is 0 Å². The van der Waals surface area contributed by atoms with Crippen LogP contribution in [0.5, 0.6) is 0 Å². The van der Waals surface area contributed by atoms with Crippen LogP contribution in [0.25, 0.3) is 0 Å². The van der Waals surface area contributed by atoms with Gasteiger partial charge < -0.3 is 10.6 Å². The normalized spacial score (nSPS) is 14.2. The van der Waals surface area contributed by atoms with Crippen LogP contribution in [0.1, 0.15) is 46.5 Å². The van der Waals surface area contributed by atoms with Crippen molar-refractivity contribution in [2.24, 2.45) is 5.73 Å². The standard InChI is InChI=1S/C16H28N2/c1-4-6-10-13-16(3,14-17)18(5-2)15-11-8-7-9-12-15/h7-9,11-12H,4-6,10,13-14,17H2,1-3H3. The second-order valence-corrected chi connectivity index (χ2v) is 5.24. The number of nitrogens with two attached hydrogens (primary N) is 1. The molecular formula is C16H28N2. The zero-order valence-corrected chi connectivity index (χ0v) is 12.2. The van der Waals surface area contributed by atoms with Gasteiger partial charge in [-0.2, -0.15) is 0 Å². The third-order valence-electron chi connectivity index (χ3n) is 3.79. The molecule has 2 nitrogen and oxygen atoms in total. The first-order valence-corrected chi connectivity index (χ1v) is 7.20. The molecule has 0 heterocycles. The highest BCUT2D eigenvalue weighted by molar-refractivity contribution is 5.48. The van der Waals surface area contributed by atoms with Crippen LogP contribution in [-0.2, 0) is 0 Å². The van der Waals surface area contributed by atoms with E-state index in [1.54, 1.807) is 0 Å². The first-order valence-electron chi connectivity index (χ1n) is 7.20. The number of unbranched alkanes of at least 4 members (excludes halogenated alkanes) is 2. The van der Waals surface area contributed by atoms with Gasteiger partial charge in [-0.1, -0.05) is 44.4 Å². The molecular weight excluding hydrogens is 220 g/mol. The van der Waals surface area contributed by atoms with Crippen LogP contribution in [0.2, 0.25) is 0 Å². The molecule has 0 aliphatic heterocycles. The van der Waals surface area contributed by atoms with Crippen molar-refractivity contribution in [3.05, 3.63) is 30.3 Å². The lowest BCUT2D eigenvalue weighted by atomic mass is 9.91. The van der Waals surface area contributed by atoms with E-state index in [0.717, 1.165) is 6.54 Å². The molecule has 0 spiro atoms. The van der Waals surface area contributed by atoms with Gasteiger partial charge in [-0.3, -0.25) is 0 Å². The summed E-state index contributed by atoms with van der Waals surface area (Å²) in [6, 6.07) is 10.6. The first-order chi connectivity index (χ1) is 8.68. The van der Waals surface area contributed by atoms with E-state index in [-0.39, 0.29) is 5.54 Å². The summed E-state index contributed by atoms with van der Waals surface area (Å²) in [5.74, 6) is 0. The molecule has 102 valence electrons. The highest BCUT2D eigenvalue weighted by Crippen LogP contribution is 2.27. The minimum atomic E-state index is 0.0747. The fraction of sp³-hybridized carbons (Fsp3) is 0.625. The van der Waals surface area contributed by atoms with E-state index >= 15 is 0 Å². The van der Waals surface area contributed by atoms with Crippen molar-refractivity contribution >= 4 is 5.69 Å². The molecule has 18 heavy (non-hydrogen) atoms. The number of hydrogen-bond donors (Lipinski definition) is 1. The summed E-state index contributed by atoms with van der Waals surface area (Å²) >= 11 is 0. The maximum Gasteiger partial charge on any atom is 0.0496 e. The van der Waals surface area contributed by atoms with Crippen molar-refractivity contribution in [2.45, 2.75) is 52.0 Å². The lowest BCUT2D eigenvalue weighted by molar-refractivity contribution is 0.387. The largest absolute Gasteiger partial charge is 0.365 e. The van der Waals surface area contributed by atoms with Crippen molar-refractivity contribution in [2.75, 3.05) is 18.0 Å². The molecule has 1 atom stereocenters. The Bertz CT molecular complexity index is 323. The van der Waals surface area contributed by atoms with Gasteiger partial charge in [-0.05, 0) is 32.4 Å². The Kier molecular flexibility index (Phi) is 6.20. The minimum absolute atomic E-state index is 0.0747. The van der Waals surface area contributed by atoms with E-state index in [9.17, 15) is 0 Å². The lowest BCUT2D eigenvalue weighted by Crippen LogP contribution is -2.52. The molecule has 0 aromatic heterocycles. The first kappa shape index (κ1) is 15.0. The molecule has 0 saturated carbocycles. The Balaban J connectivity index is 2.82. The summed E-state index contributed by atoms with van der Waals surface area (Å²) in [4.78, 5) is 2.45. The summed E-state index contributed by atoms with van der Waals surface area (Å²) in [5.41, 5.74) is 7.42. The molecule has 1 unspecified atom stereocenters. The van der Waals surface area contributed by atoms with Crippen LogP contribution in [0, 0.1) is 0 Å². The average Bonchev–Trinajstić information content (AvgIpc) is 2.41. The predicted molar refractivity (Wildman–Crippen MR) is 81.1 cm³/mol. The predicted octanol–water partition coefficient (Wildman–Crippen LogP) is 3.81. The number of rotatable bonds is 8. The number of nitrogens with zero attached hydrogens (tertiary/aromatic N) is 1. The Morgan fingerprint density at radius 2 is 1.78 bits per heavy atom. The second-order valence-electron chi connectivity index (χ2n) is 5.24. The van der Waals surface area contributed by atoms with Gasteiger partial charge in [-0.25, -0.2) is 0 Å². The van der Waals surface area contributed by atoms with Crippen molar-refractivity contribution in [3.63, 3.8) is 0 Å². The Morgan fingerprint density at radius 3 is 2.28 bits per heavy atom. The third-order valence-corrected chi connectivity index (χ3v) is 3.79. The lowest BCUT2D eigenvalue weighted by Gasteiger charge is -2.42. The molecule has 2 heteroatoms. The van der Waals surface area contributed by atoms with E-state index in [4.69, 9.17) is 5.73 Å². The topological polar surface area (TPSA) is 29.3 Å². The minimum Gasteiger partial charge on any atom is -0.365 e. The maximum absolute atomic E-state index is 6.06. The Labute approximate surface area is 112 Å². The molecule has 1 aromatic rings. The SMILES string of the molecule is CCCCCC(C)(CN)N(CC)c1ccccc1. The number of benzene rings is 1. The molecule has 0 fully saturated rings. The molecule has 0 saturated heterocycles. The number of likely N-dealkylation sites (N-methyl/N-ethyl adjacent to an activating group) is 1. The second kappa shape index (κ2) is 7.42.